The molecule has 6 bridgehead atoms. The number of aromatic nitrogens is 2. The number of cyclic esters (lactones) is 1. The second-order valence-corrected chi connectivity index (χ2v) is 19.1. The minimum Gasteiger partial charge on any atom is -0.464 e. The molecule has 4 aliphatic rings. The third-order valence-corrected chi connectivity index (χ3v) is 13.9. The van der Waals surface area contributed by atoms with Crippen LogP contribution in [0.5, 0.6) is 0 Å². The van der Waals surface area contributed by atoms with Gasteiger partial charge in [-0.15, -0.1) is 5.92 Å². The second kappa shape index (κ2) is 18.9. The van der Waals surface area contributed by atoms with Gasteiger partial charge in [-0.05, 0) is 84.7 Å². The third-order valence-electron chi connectivity index (χ3n) is 13.9. The first-order valence-electron chi connectivity index (χ1n) is 23.0. The van der Waals surface area contributed by atoms with Crippen LogP contribution >= 0.6 is 0 Å². The number of nitrogens with zero attached hydrogens (tertiary/aromatic N) is 5. The van der Waals surface area contributed by atoms with Crippen molar-refractivity contribution in [1.29, 1.82) is 0 Å². The van der Waals surface area contributed by atoms with Gasteiger partial charge in [0.2, 0.25) is 17.7 Å². The van der Waals surface area contributed by atoms with Gasteiger partial charge in [-0.2, -0.15) is 0 Å². The van der Waals surface area contributed by atoms with E-state index in [0.29, 0.717) is 38.9 Å². The Morgan fingerprint density at radius 1 is 1.09 bits per heavy atom. The minimum absolute atomic E-state index is 0.0538. The van der Waals surface area contributed by atoms with Crippen molar-refractivity contribution >= 4 is 40.5 Å². The lowest BCUT2D eigenvalue weighted by atomic mass is 9.67. The molecule has 4 aromatic rings. The summed E-state index contributed by atoms with van der Waals surface area (Å²) in [6.07, 6.45) is 4.15. The first-order chi connectivity index (χ1) is 31.7. The highest BCUT2D eigenvalue weighted by Gasteiger charge is 2.48. The molecule has 0 spiro atoms. The number of carbonyl (C=O) groups is 5. The van der Waals surface area contributed by atoms with E-state index >= 15 is 0 Å². The molecule has 14 nitrogen and oxygen atoms in total. The van der Waals surface area contributed by atoms with Crippen LogP contribution in [0.2, 0.25) is 0 Å². The van der Waals surface area contributed by atoms with Crippen LogP contribution in [0.1, 0.15) is 82.7 Å². The standard InChI is InChI=1S/C52H61N7O7/c1-9-11-23-58-40-20-19-34-28-37(40)42-43(47(65-8)44-36(46(42)58)17-13-22-53-44)52(5,6)30-66-51(64)38-18-14-24-59(55-38)50(63)39(27-32-15-12-16-33(34)26-32)54-48(61)45(31(3)4)56(7)49(62)35-21-25-57(29-35)41(60)10-2/h10,12-13,15-17,19-20,22,26,28,31,35,38-39,43,45,47,55H,2,14,18,21,23-25,27,29-30H2,1,3-8H3,(H,54,61)/t35-,38-,39?,43?,45-,47-/m0/s1. The molecule has 3 aliphatic heterocycles. The highest BCUT2D eigenvalue weighted by Crippen LogP contribution is 2.57. The van der Waals surface area contributed by atoms with Crippen molar-refractivity contribution in [3.63, 3.8) is 0 Å². The van der Waals surface area contributed by atoms with Crippen molar-refractivity contribution in [1.82, 2.24) is 35.1 Å². The van der Waals surface area contributed by atoms with Crippen molar-refractivity contribution < 1.29 is 33.4 Å². The number of rotatable bonds is 8. The predicted molar refractivity (Wildman–Crippen MR) is 251 cm³/mol. The molecule has 8 rings (SSSR count). The van der Waals surface area contributed by atoms with Gasteiger partial charge in [-0.1, -0.05) is 70.5 Å². The van der Waals surface area contributed by atoms with Gasteiger partial charge < -0.3 is 29.2 Å². The molecule has 5 heterocycles. The summed E-state index contributed by atoms with van der Waals surface area (Å²) in [5, 5.41) is 5.51. The van der Waals surface area contributed by atoms with Crippen LogP contribution in [0.4, 0.5) is 0 Å². The molecular formula is C52H61N7O7. The van der Waals surface area contributed by atoms with Gasteiger partial charge in [0.05, 0.1) is 30.5 Å². The van der Waals surface area contributed by atoms with E-state index in [1.54, 1.807) is 25.3 Å². The van der Waals surface area contributed by atoms with E-state index in [1.165, 1.54) is 16.0 Å². The van der Waals surface area contributed by atoms with E-state index in [1.807, 2.05) is 45.0 Å². The molecule has 2 aromatic heterocycles. The van der Waals surface area contributed by atoms with Crippen molar-refractivity contribution in [3.8, 4) is 34.2 Å². The SMILES string of the molecule is C=CC(=O)N1CC[C@H](C(=O)N(C)[C@H](C(=O)NC2Cc3cccc(c3)-c3ccc4c(c3)c3c(n4CC#CC)-c4cccnc4[C@@H](OC)C3C(C)(C)COC(=O)[C@@H]3CCCN(N3)C2=O)C(C)C)C1. The number of likely N-dealkylation sites (N-methyl/N-ethyl adjacent to an activating group) is 1. The maximum absolute atomic E-state index is 14.8. The van der Waals surface area contributed by atoms with Crippen LogP contribution in [-0.4, -0.2) is 112 Å². The molecule has 2 aromatic carbocycles. The molecule has 2 saturated heterocycles. The first kappa shape index (κ1) is 46.2. The van der Waals surface area contributed by atoms with E-state index in [-0.39, 0.29) is 43.2 Å². The Hall–Kier alpha value is -6.30. The van der Waals surface area contributed by atoms with E-state index in [9.17, 15) is 24.0 Å². The maximum atomic E-state index is 14.8. The highest BCUT2D eigenvalue weighted by molar-refractivity contribution is 5.97. The summed E-state index contributed by atoms with van der Waals surface area (Å²) in [6, 6.07) is 15.7. The first-order valence-corrected chi connectivity index (χ1v) is 23.0. The molecule has 346 valence electrons. The predicted octanol–water partition coefficient (Wildman–Crippen LogP) is 5.80. The molecule has 2 unspecified atom stereocenters. The Morgan fingerprint density at radius 2 is 1.88 bits per heavy atom. The average molecular weight is 896 g/mol. The number of methoxy groups -OCH3 is 1. The van der Waals surface area contributed by atoms with Gasteiger partial charge in [0.25, 0.3) is 5.91 Å². The molecule has 0 saturated carbocycles. The van der Waals surface area contributed by atoms with Crippen LogP contribution in [0, 0.1) is 29.1 Å². The summed E-state index contributed by atoms with van der Waals surface area (Å²) in [7, 11) is 3.31. The van der Waals surface area contributed by atoms with E-state index < -0.39 is 53.3 Å². The number of fused-ring (bicyclic) bond motifs is 8. The van der Waals surface area contributed by atoms with Crippen molar-refractivity contribution in [3.05, 3.63) is 90.3 Å². The van der Waals surface area contributed by atoms with Gasteiger partial charge in [-0.25, -0.2) is 5.43 Å². The molecule has 4 amide bonds. The molecule has 0 radical (unpaired) electrons. The number of ether oxygens (including phenoxy) is 2. The van der Waals surface area contributed by atoms with Crippen molar-refractivity contribution in [2.75, 3.05) is 40.4 Å². The zero-order chi connectivity index (χ0) is 47.0. The lowest BCUT2D eigenvalue weighted by Gasteiger charge is -2.42. The smallest absolute Gasteiger partial charge is 0.324 e. The van der Waals surface area contributed by atoms with Crippen LogP contribution < -0.4 is 10.7 Å². The number of hydrogen-bond acceptors (Lipinski definition) is 9. The third kappa shape index (κ3) is 8.62. The summed E-state index contributed by atoms with van der Waals surface area (Å²) in [4.78, 5) is 77.6. The fraction of sp³-hybridized carbons (Fsp3) is 0.462. The number of esters is 1. The van der Waals surface area contributed by atoms with Crippen LogP contribution in [0.25, 0.3) is 33.3 Å². The second-order valence-electron chi connectivity index (χ2n) is 19.1. The van der Waals surface area contributed by atoms with Gasteiger partial charge in [0.15, 0.2) is 0 Å². The molecule has 2 N–H and O–H groups in total. The lowest BCUT2D eigenvalue weighted by molar-refractivity contribution is -0.156. The van der Waals surface area contributed by atoms with Crippen LogP contribution in [-0.2, 0) is 46.4 Å². The van der Waals surface area contributed by atoms with E-state index in [4.69, 9.17) is 14.5 Å². The number of pyridine rings is 1. The maximum Gasteiger partial charge on any atom is 0.324 e. The van der Waals surface area contributed by atoms with Crippen molar-refractivity contribution in [2.24, 2.45) is 17.3 Å². The number of hydrazine groups is 1. The van der Waals surface area contributed by atoms with E-state index in [0.717, 1.165) is 50.1 Å². The largest absolute Gasteiger partial charge is 0.464 e. The summed E-state index contributed by atoms with van der Waals surface area (Å²) < 4.78 is 14.9. The Labute approximate surface area is 387 Å². The Balaban J connectivity index is 1.21. The number of amides is 4. The van der Waals surface area contributed by atoms with Gasteiger partial charge >= 0.3 is 5.97 Å². The number of nitrogens with one attached hydrogen (secondary N) is 2. The van der Waals surface area contributed by atoms with Crippen LogP contribution in [0.3, 0.4) is 0 Å². The topological polar surface area (TPSA) is 155 Å². The summed E-state index contributed by atoms with van der Waals surface area (Å²) in [5.41, 5.74) is 10.0. The minimum atomic E-state index is -1.06. The van der Waals surface area contributed by atoms with Crippen molar-refractivity contribution in [2.45, 2.75) is 97.0 Å². The number of carbonyl (C=O) groups excluding carboxylic acids is 5. The Bertz CT molecular complexity index is 2640. The molecular weight excluding hydrogens is 835 g/mol. The summed E-state index contributed by atoms with van der Waals surface area (Å²) in [5.74, 6) is 3.45. The molecule has 1 aliphatic carbocycles. The number of hydrogen-bond donors (Lipinski definition) is 2. The van der Waals surface area contributed by atoms with Gasteiger partial charge in [-0.3, -0.25) is 34.0 Å². The average Bonchev–Trinajstić information content (AvgIpc) is 3.94. The summed E-state index contributed by atoms with van der Waals surface area (Å²) >= 11 is 0. The Kier molecular flexibility index (Phi) is 13.2. The normalized spacial score (nSPS) is 22.9. The zero-order valence-electron chi connectivity index (χ0n) is 39.1. The van der Waals surface area contributed by atoms with Gasteiger partial charge in [0, 0.05) is 74.2 Å². The fourth-order valence-corrected chi connectivity index (χ4v) is 10.7. The molecule has 2 fully saturated rings. The highest BCUT2D eigenvalue weighted by atomic mass is 16.5. The molecule has 14 heteroatoms. The lowest BCUT2D eigenvalue weighted by Crippen LogP contribution is -2.62. The van der Waals surface area contributed by atoms with Gasteiger partial charge in [0.1, 0.15) is 24.2 Å². The quantitative estimate of drug-likeness (QED) is 0.127. The summed E-state index contributed by atoms with van der Waals surface area (Å²) in [6.45, 7) is 14.8. The number of likely N-dealkylation sites (tertiary alicyclic amines) is 1. The monoisotopic (exact) mass is 895 g/mol. The van der Waals surface area contributed by atoms with Crippen LogP contribution in [0.15, 0.2) is 73.4 Å². The molecule has 6 atom stereocenters. The van der Waals surface area contributed by atoms with E-state index in [2.05, 4.69) is 77.9 Å². The number of benzene rings is 2. The fourth-order valence-electron chi connectivity index (χ4n) is 10.7. The molecule has 66 heavy (non-hydrogen) atoms. The Morgan fingerprint density at radius 3 is 2.62 bits per heavy atom. The zero-order valence-corrected chi connectivity index (χ0v) is 39.1.